The summed E-state index contributed by atoms with van der Waals surface area (Å²) in [6.45, 7) is 4.01. The molecule has 0 radical (unpaired) electrons. The first-order chi connectivity index (χ1) is 6.61. The van der Waals surface area contributed by atoms with Crippen molar-refractivity contribution in [3.8, 4) is 0 Å². The molecule has 2 aromatic rings. The number of fused-ring (bicyclic) bond motifs is 1. The molecule has 2 rings (SSSR count). The first-order valence-corrected chi connectivity index (χ1v) is 4.50. The van der Waals surface area contributed by atoms with Crippen LogP contribution in [-0.4, -0.2) is 19.3 Å². The van der Waals surface area contributed by atoms with Gasteiger partial charge in [0.15, 0.2) is 5.65 Å². The standard InChI is InChI=1S/C9H12N4O/c1-6(2)13-8-7(4-11-13)9(14)12(3)5-10-8/h4-6H,1-3H3. The van der Waals surface area contributed by atoms with Crippen LogP contribution in [0.3, 0.4) is 0 Å². The first-order valence-electron chi connectivity index (χ1n) is 4.50. The van der Waals surface area contributed by atoms with E-state index in [1.54, 1.807) is 17.9 Å². The smallest absolute Gasteiger partial charge is 0.264 e. The van der Waals surface area contributed by atoms with E-state index in [0.29, 0.717) is 11.0 Å². The highest BCUT2D eigenvalue weighted by Gasteiger charge is 2.09. The van der Waals surface area contributed by atoms with Crippen molar-refractivity contribution in [2.75, 3.05) is 0 Å². The number of nitrogens with zero attached hydrogens (tertiary/aromatic N) is 4. The fraction of sp³-hybridized carbons (Fsp3) is 0.444. The van der Waals surface area contributed by atoms with E-state index in [9.17, 15) is 4.79 Å². The summed E-state index contributed by atoms with van der Waals surface area (Å²) in [5, 5.41) is 4.71. The summed E-state index contributed by atoms with van der Waals surface area (Å²) in [5.41, 5.74) is 0.602. The van der Waals surface area contributed by atoms with Gasteiger partial charge in [-0.1, -0.05) is 0 Å². The van der Waals surface area contributed by atoms with E-state index in [-0.39, 0.29) is 11.6 Å². The third-order valence-electron chi connectivity index (χ3n) is 2.16. The van der Waals surface area contributed by atoms with E-state index < -0.39 is 0 Å². The van der Waals surface area contributed by atoms with Crippen molar-refractivity contribution in [3.05, 3.63) is 22.9 Å². The summed E-state index contributed by atoms with van der Waals surface area (Å²) in [7, 11) is 1.68. The molecule has 0 bridgehead atoms. The van der Waals surface area contributed by atoms with E-state index in [1.165, 1.54) is 10.9 Å². The zero-order chi connectivity index (χ0) is 10.3. The summed E-state index contributed by atoms with van der Waals surface area (Å²) in [4.78, 5) is 15.8. The van der Waals surface area contributed by atoms with Gasteiger partial charge in [0.1, 0.15) is 5.39 Å². The zero-order valence-electron chi connectivity index (χ0n) is 8.43. The van der Waals surface area contributed by atoms with Crippen LogP contribution in [0, 0.1) is 0 Å². The van der Waals surface area contributed by atoms with Crippen LogP contribution in [0.1, 0.15) is 19.9 Å². The lowest BCUT2D eigenvalue weighted by atomic mass is 10.4. The van der Waals surface area contributed by atoms with Crippen molar-refractivity contribution in [1.29, 1.82) is 0 Å². The SMILES string of the molecule is CC(C)n1ncc2c(=O)n(C)cnc21. The van der Waals surface area contributed by atoms with Crippen molar-refractivity contribution in [3.63, 3.8) is 0 Å². The van der Waals surface area contributed by atoms with Crippen LogP contribution in [0.4, 0.5) is 0 Å². The van der Waals surface area contributed by atoms with Gasteiger partial charge in [-0.25, -0.2) is 9.67 Å². The molecule has 0 aromatic carbocycles. The van der Waals surface area contributed by atoms with E-state index in [2.05, 4.69) is 10.1 Å². The quantitative estimate of drug-likeness (QED) is 0.668. The molecule has 0 saturated carbocycles. The lowest BCUT2D eigenvalue weighted by molar-refractivity contribution is 0.545. The number of aromatic nitrogens is 4. The van der Waals surface area contributed by atoms with E-state index in [1.807, 2.05) is 13.8 Å². The van der Waals surface area contributed by atoms with Crippen LogP contribution in [0.15, 0.2) is 17.3 Å². The minimum atomic E-state index is -0.0538. The second-order valence-electron chi connectivity index (χ2n) is 3.58. The molecule has 0 N–H and O–H groups in total. The van der Waals surface area contributed by atoms with Crippen LogP contribution in [0.25, 0.3) is 11.0 Å². The number of rotatable bonds is 1. The van der Waals surface area contributed by atoms with Gasteiger partial charge in [-0.05, 0) is 13.8 Å². The van der Waals surface area contributed by atoms with Gasteiger partial charge in [0, 0.05) is 13.1 Å². The van der Waals surface area contributed by atoms with Crippen molar-refractivity contribution >= 4 is 11.0 Å². The van der Waals surface area contributed by atoms with Gasteiger partial charge in [-0.3, -0.25) is 4.79 Å². The van der Waals surface area contributed by atoms with Gasteiger partial charge in [-0.2, -0.15) is 5.10 Å². The Morgan fingerprint density at radius 2 is 2.14 bits per heavy atom. The molecule has 0 unspecified atom stereocenters. The molecule has 0 aliphatic rings. The van der Waals surface area contributed by atoms with Gasteiger partial charge in [-0.15, -0.1) is 0 Å². The monoisotopic (exact) mass is 192 g/mol. The van der Waals surface area contributed by atoms with Crippen LogP contribution in [0.2, 0.25) is 0 Å². The minimum Gasteiger partial charge on any atom is -0.302 e. The molecular weight excluding hydrogens is 180 g/mol. The third-order valence-corrected chi connectivity index (χ3v) is 2.16. The maximum absolute atomic E-state index is 11.6. The van der Waals surface area contributed by atoms with Gasteiger partial charge in [0.25, 0.3) is 5.56 Å². The normalized spacial score (nSPS) is 11.4. The molecule has 0 atom stereocenters. The molecule has 0 saturated heterocycles. The fourth-order valence-electron chi connectivity index (χ4n) is 1.40. The Kier molecular flexibility index (Phi) is 1.87. The lowest BCUT2D eigenvalue weighted by Gasteiger charge is -2.05. The first kappa shape index (κ1) is 8.93. The Balaban J connectivity index is 2.84. The van der Waals surface area contributed by atoms with Gasteiger partial charge < -0.3 is 4.57 Å². The summed E-state index contributed by atoms with van der Waals surface area (Å²) < 4.78 is 3.20. The summed E-state index contributed by atoms with van der Waals surface area (Å²) >= 11 is 0. The summed E-state index contributed by atoms with van der Waals surface area (Å²) in [5.74, 6) is 0. The molecule has 0 amide bonds. The number of aryl methyl sites for hydroxylation is 1. The second-order valence-corrected chi connectivity index (χ2v) is 3.58. The summed E-state index contributed by atoms with van der Waals surface area (Å²) in [6, 6.07) is 0.215. The average Bonchev–Trinajstić information content (AvgIpc) is 2.55. The van der Waals surface area contributed by atoms with E-state index in [0.717, 1.165) is 0 Å². The predicted molar refractivity (Wildman–Crippen MR) is 53.2 cm³/mol. The molecule has 0 aliphatic carbocycles. The Hall–Kier alpha value is -1.65. The molecule has 74 valence electrons. The highest BCUT2D eigenvalue weighted by molar-refractivity contribution is 5.72. The van der Waals surface area contributed by atoms with Crippen molar-refractivity contribution in [1.82, 2.24) is 19.3 Å². The van der Waals surface area contributed by atoms with Crippen LogP contribution >= 0.6 is 0 Å². The Labute approximate surface area is 81.0 Å². The fourth-order valence-corrected chi connectivity index (χ4v) is 1.40. The van der Waals surface area contributed by atoms with Crippen LogP contribution in [-0.2, 0) is 7.05 Å². The van der Waals surface area contributed by atoms with Gasteiger partial charge in [0.05, 0.1) is 12.5 Å². The zero-order valence-corrected chi connectivity index (χ0v) is 8.43. The topological polar surface area (TPSA) is 52.7 Å². The molecule has 14 heavy (non-hydrogen) atoms. The largest absolute Gasteiger partial charge is 0.302 e. The molecule has 2 heterocycles. The molecule has 0 spiro atoms. The minimum absolute atomic E-state index is 0.0538. The van der Waals surface area contributed by atoms with Gasteiger partial charge >= 0.3 is 0 Å². The lowest BCUT2D eigenvalue weighted by Crippen LogP contribution is -2.17. The molecular formula is C9H12N4O. The number of hydrogen-bond acceptors (Lipinski definition) is 3. The van der Waals surface area contributed by atoms with Crippen LogP contribution in [0.5, 0.6) is 0 Å². The van der Waals surface area contributed by atoms with Crippen molar-refractivity contribution in [2.45, 2.75) is 19.9 Å². The molecule has 5 heteroatoms. The van der Waals surface area contributed by atoms with E-state index in [4.69, 9.17) is 0 Å². The number of hydrogen-bond donors (Lipinski definition) is 0. The van der Waals surface area contributed by atoms with Gasteiger partial charge in [0.2, 0.25) is 0 Å². The Bertz CT molecular complexity index is 523. The average molecular weight is 192 g/mol. The third kappa shape index (κ3) is 1.13. The highest BCUT2D eigenvalue weighted by Crippen LogP contribution is 2.10. The maximum Gasteiger partial charge on any atom is 0.264 e. The van der Waals surface area contributed by atoms with Crippen molar-refractivity contribution < 1.29 is 0 Å². The maximum atomic E-state index is 11.6. The second kappa shape index (κ2) is 2.94. The predicted octanol–water partition coefficient (Wildman–Crippen LogP) is 0.711. The highest BCUT2D eigenvalue weighted by atomic mass is 16.1. The van der Waals surface area contributed by atoms with Crippen molar-refractivity contribution in [2.24, 2.45) is 7.05 Å². The molecule has 0 aliphatic heterocycles. The molecule has 5 nitrogen and oxygen atoms in total. The Morgan fingerprint density at radius 1 is 1.43 bits per heavy atom. The van der Waals surface area contributed by atoms with Crippen LogP contribution < -0.4 is 5.56 Å². The summed E-state index contributed by atoms with van der Waals surface area (Å²) in [6.07, 6.45) is 3.09. The molecule has 0 fully saturated rings. The van der Waals surface area contributed by atoms with E-state index >= 15 is 0 Å². The molecule has 2 aromatic heterocycles. The Morgan fingerprint density at radius 3 is 2.79 bits per heavy atom.